The Morgan fingerprint density at radius 2 is 1.56 bits per heavy atom. The van der Waals surface area contributed by atoms with Crippen LogP contribution < -0.4 is 5.32 Å². The summed E-state index contributed by atoms with van der Waals surface area (Å²) in [4.78, 5) is 11.9. The lowest BCUT2D eigenvalue weighted by Crippen LogP contribution is -2.25. The molecule has 18 heavy (non-hydrogen) atoms. The van der Waals surface area contributed by atoms with Crippen LogP contribution in [0.1, 0.15) is 5.56 Å². The molecule has 1 N–H and O–H groups in total. The maximum absolute atomic E-state index is 11.9. The third-order valence-electron chi connectivity index (χ3n) is 2.58. The van der Waals surface area contributed by atoms with Crippen molar-refractivity contribution >= 4 is 23.2 Å². The second kappa shape index (κ2) is 6.22. The highest BCUT2D eigenvalue weighted by Gasteiger charge is 2.15. The summed E-state index contributed by atoms with van der Waals surface area (Å²) in [6.45, 7) is 0. The molecular weight excluding hydrogens is 246 g/mol. The molecule has 2 rings (SSSR count). The standard InChI is InChI=1S/C15H14ClNO/c16-14(11-12-7-3-1-4-8-12)15(18)17-13-9-5-2-6-10-13/h1-10,14H,11H2,(H,17,18)/t14-/m0/s1. The van der Waals surface area contributed by atoms with Crippen LogP contribution in [0.5, 0.6) is 0 Å². The summed E-state index contributed by atoms with van der Waals surface area (Å²) < 4.78 is 0. The van der Waals surface area contributed by atoms with Gasteiger partial charge in [-0.15, -0.1) is 11.6 Å². The monoisotopic (exact) mass is 259 g/mol. The van der Waals surface area contributed by atoms with E-state index in [4.69, 9.17) is 11.6 Å². The van der Waals surface area contributed by atoms with Gasteiger partial charge >= 0.3 is 0 Å². The number of anilines is 1. The number of halogens is 1. The van der Waals surface area contributed by atoms with E-state index in [9.17, 15) is 4.79 Å². The molecule has 0 saturated heterocycles. The van der Waals surface area contributed by atoms with Crippen molar-refractivity contribution in [3.8, 4) is 0 Å². The molecular formula is C15H14ClNO. The first-order valence-corrected chi connectivity index (χ1v) is 6.23. The van der Waals surface area contributed by atoms with Gasteiger partial charge < -0.3 is 5.32 Å². The van der Waals surface area contributed by atoms with Gasteiger partial charge in [0.05, 0.1) is 0 Å². The number of alkyl halides is 1. The molecule has 0 unspecified atom stereocenters. The van der Waals surface area contributed by atoms with E-state index in [0.717, 1.165) is 11.3 Å². The van der Waals surface area contributed by atoms with Crippen molar-refractivity contribution in [2.24, 2.45) is 0 Å². The summed E-state index contributed by atoms with van der Waals surface area (Å²) in [5.41, 5.74) is 1.82. The number of para-hydroxylation sites is 1. The second-order valence-electron chi connectivity index (χ2n) is 4.01. The van der Waals surface area contributed by atoms with E-state index in [1.54, 1.807) is 0 Å². The zero-order chi connectivity index (χ0) is 12.8. The molecule has 0 aromatic heterocycles. The lowest BCUT2D eigenvalue weighted by atomic mass is 10.1. The van der Waals surface area contributed by atoms with Crippen molar-refractivity contribution in [1.29, 1.82) is 0 Å². The van der Waals surface area contributed by atoms with Crippen LogP contribution >= 0.6 is 11.6 Å². The molecule has 1 atom stereocenters. The minimum absolute atomic E-state index is 0.174. The molecule has 2 aromatic rings. The fourth-order valence-electron chi connectivity index (χ4n) is 1.66. The molecule has 0 fully saturated rings. The summed E-state index contributed by atoms with van der Waals surface area (Å²) in [6.07, 6.45) is 0.529. The Labute approximate surface area is 112 Å². The predicted molar refractivity (Wildman–Crippen MR) is 74.9 cm³/mol. The number of rotatable bonds is 4. The first kappa shape index (κ1) is 12.7. The first-order valence-electron chi connectivity index (χ1n) is 5.79. The van der Waals surface area contributed by atoms with E-state index in [0.29, 0.717) is 6.42 Å². The lowest BCUT2D eigenvalue weighted by molar-refractivity contribution is -0.115. The third-order valence-corrected chi connectivity index (χ3v) is 2.94. The quantitative estimate of drug-likeness (QED) is 0.837. The second-order valence-corrected chi connectivity index (χ2v) is 4.54. The molecule has 92 valence electrons. The van der Waals surface area contributed by atoms with Crippen LogP contribution in [-0.2, 0) is 11.2 Å². The van der Waals surface area contributed by atoms with Crippen LogP contribution in [0.25, 0.3) is 0 Å². The number of carbonyl (C=O) groups excluding carboxylic acids is 1. The fraction of sp³-hybridized carbons (Fsp3) is 0.133. The number of amides is 1. The van der Waals surface area contributed by atoms with Gasteiger partial charge in [-0.1, -0.05) is 48.5 Å². The van der Waals surface area contributed by atoms with Gasteiger partial charge in [0.1, 0.15) is 5.38 Å². The van der Waals surface area contributed by atoms with Gasteiger partial charge in [0, 0.05) is 5.69 Å². The molecule has 0 saturated carbocycles. The van der Waals surface area contributed by atoms with Crippen LogP contribution in [-0.4, -0.2) is 11.3 Å². The Morgan fingerprint density at radius 1 is 1.00 bits per heavy atom. The van der Waals surface area contributed by atoms with Crippen LogP contribution in [0.2, 0.25) is 0 Å². The average molecular weight is 260 g/mol. The number of hydrogen-bond acceptors (Lipinski definition) is 1. The van der Waals surface area contributed by atoms with Crippen molar-refractivity contribution in [3.05, 3.63) is 66.2 Å². The maximum Gasteiger partial charge on any atom is 0.242 e. The van der Waals surface area contributed by atoms with E-state index in [-0.39, 0.29) is 5.91 Å². The summed E-state index contributed by atoms with van der Waals surface area (Å²) in [5, 5.41) is 2.23. The predicted octanol–water partition coefficient (Wildman–Crippen LogP) is 3.48. The molecule has 1 amide bonds. The molecule has 0 bridgehead atoms. The van der Waals surface area contributed by atoms with Crippen molar-refractivity contribution in [2.45, 2.75) is 11.8 Å². The Bertz CT molecular complexity index is 498. The SMILES string of the molecule is O=C(Nc1ccccc1)[C@@H](Cl)Cc1ccccc1. The number of benzene rings is 2. The molecule has 0 aliphatic carbocycles. The van der Waals surface area contributed by atoms with E-state index in [1.807, 2.05) is 60.7 Å². The number of nitrogens with one attached hydrogen (secondary N) is 1. The minimum Gasteiger partial charge on any atom is -0.325 e. The van der Waals surface area contributed by atoms with Crippen LogP contribution in [0.15, 0.2) is 60.7 Å². The van der Waals surface area contributed by atoms with E-state index in [2.05, 4.69) is 5.32 Å². The molecule has 0 radical (unpaired) electrons. The topological polar surface area (TPSA) is 29.1 Å². The number of carbonyl (C=O) groups is 1. The van der Waals surface area contributed by atoms with Gasteiger partial charge in [0.15, 0.2) is 0 Å². The maximum atomic E-state index is 11.9. The summed E-state index contributed by atoms with van der Waals surface area (Å²) in [7, 11) is 0. The van der Waals surface area contributed by atoms with Gasteiger partial charge in [-0.3, -0.25) is 4.79 Å². The van der Waals surface area contributed by atoms with Gasteiger partial charge in [-0.25, -0.2) is 0 Å². The van der Waals surface area contributed by atoms with Gasteiger partial charge in [-0.2, -0.15) is 0 Å². The van der Waals surface area contributed by atoms with Crippen molar-refractivity contribution < 1.29 is 4.79 Å². The molecule has 0 heterocycles. The molecule has 0 spiro atoms. The van der Waals surface area contributed by atoms with E-state index in [1.165, 1.54) is 0 Å². The van der Waals surface area contributed by atoms with Crippen LogP contribution in [0.3, 0.4) is 0 Å². The van der Waals surface area contributed by atoms with Crippen LogP contribution in [0.4, 0.5) is 5.69 Å². The Balaban J connectivity index is 1.93. The highest BCUT2D eigenvalue weighted by atomic mass is 35.5. The van der Waals surface area contributed by atoms with E-state index < -0.39 is 5.38 Å². The minimum atomic E-state index is -0.562. The van der Waals surface area contributed by atoms with Crippen molar-refractivity contribution in [3.63, 3.8) is 0 Å². The Kier molecular flexibility index (Phi) is 4.37. The summed E-state index contributed by atoms with van der Waals surface area (Å²) in [5.74, 6) is -0.174. The van der Waals surface area contributed by atoms with Gasteiger partial charge in [0.2, 0.25) is 5.91 Å². The third kappa shape index (κ3) is 3.60. The molecule has 0 aliphatic heterocycles. The highest BCUT2D eigenvalue weighted by molar-refractivity contribution is 6.32. The van der Waals surface area contributed by atoms with Crippen molar-refractivity contribution in [2.75, 3.05) is 5.32 Å². The smallest absolute Gasteiger partial charge is 0.242 e. The average Bonchev–Trinajstić information content (AvgIpc) is 2.41. The van der Waals surface area contributed by atoms with Gasteiger partial charge in [-0.05, 0) is 24.1 Å². The normalized spacial score (nSPS) is 11.8. The summed E-state index contributed by atoms with van der Waals surface area (Å²) in [6, 6.07) is 19.1. The van der Waals surface area contributed by atoms with Crippen molar-refractivity contribution in [1.82, 2.24) is 0 Å². The molecule has 0 aliphatic rings. The molecule has 2 nitrogen and oxygen atoms in total. The molecule has 3 heteroatoms. The van der Waals surface area contributed by atoms with Crippen LogP contribution in [0, 0.1) is 0 Å². The fourth-order valence-corrected chi connectivity index (χ4v) is 1.89. The van der Waals surface area contributed by atoms with Gasteiger partial charge in [0.25, 0.3) is 0 Å². The molecule has 2 aromatic carbocycles. The Hall–Kier alpha value is -1.80. The lowest BCUT2D eigenvalue weighted by Gasteiger charge is -2.10. The highest BCUT2D eigenvalue weighted by Crippen LogP contribution is 2.12. The zero-order valence-corrected chi connectivity index (χ0v) is 10.6. The largest absolute Gasteiger partial charge is 0.325 e. The first-order chi connectivity index (χ1) is 8.75. The zero-order valence-electron chi connectivity index (χ0n) is 9.84. The summed E-state index contributed by atoms with van der Waals surface area (Å²) >= 11 is 6.10. The Morgan fingerprint density at radius 3 is 2.17 bits per heavy atom. The van der Waals surface area contributed by atoms with E-state index >= 15 is 0 Å². The number of hydrogen-bond donors (Lipinski definition) is 1.